The number of piperazine rings is 1. The van der Waals surface area contributed by atoms with Gasteiger partial charge in [0.25, 0.3) is 5.91 Å². The SMILES string of the molecule is COc1ccc(CC(=O)OCC(=O)N2CCN(S(=O)(=O)c3ccc(C)cc3C)CC2)cc1. The molecule has 1 saturated heterocycles. The first kappa shape index (κ1) is 23.7. The predicted molar refractivity (Wildman–Crippen MR) is 119 cm³/mol. The fourth-order valence-electron chi connectivity index (χ4n) is 3.60. The van der Waals surface area contributed by atoms with E-state index in [2.05, 4.69) is 0 Å². The Bertz CT molecular complexity index is 1070. The number of methoxy groups -OCH3 is 1. The summed E-state index contributed by atoms with van der Waals surface area (Å²) in [6.07, 6.45) is 0.0548. The molecule has 3 rings (SSSR count). The zero-order valence-electron chi connectivity index (χ0n) is 18.5. The second-order valence-electron chi connectivity index (χ2n) is 7.74. The van der Waals surface area contributed by atoms with Gasteiger partial charge in [-0.3, -0.25) is 9.59 Å². The fourth-order valence-corrected chi connectivity index (χ4v) is 5.23. The average molecular weight is 461 g/mol. The van der Waals surface area contributed by atoms with Crippen molar-refractivity contribution in [2.75, 3.05) is 39.9 Å². The number of nitrogens with zero attached hydrogens (tertiary/aromatic N) is 2. The van der Waals surface area contributed by atoms with Crippen molar-refractivity contribution in [3.05, 3.63) is 59.2 Å². The number of amides is 1. The largest absolute Gasteiger partial charge is 0.497 e. The number of carbonyl (C=O) groups is 2. The van der Waals surface area contributed by atoms with E-state index in [0.29, 0.717) is 11.3 Å². The van der Waals surface area contributed by atoms with E-state index in [9.17, 15) is 18.0 Å². The van der Waals surface area contributed by atoms with Crippen LogP contribution in [0.1, 0.15) is 16.7 Å². The van der Waals surface area contributed by atoms with Gasteiger partial charge >= 0.3 is 5.97 Å². The normalized spacial score (nSPS) is 14.8. The van der Waals surface area contributed by atoms with Crippen LogP contribution < -0.4 is 4.74 Å². The maximum Gasteiger partial charge on any atom is 0.310 e. The molecule has 2 aromatic carbocycles. The standard InChI is InChI=1S/C23H28N2O6S/c1-17-4-9-21(18(2)14-17)32(28,29)25-12-10-24(11-13-25)22(26)16-31-23(27)15-19-5-7-20(30-3)8-6-19/h4-9,14H,10-13,15-16H2,1-3H3. The summed E-state index contributed by atoms with van der Waals surface area (Å²) in [6, 6.07) is 12.3. The lowest BCUT2D eigenvalue weighted by Crippen LogP contribution is -2.51. The molecule has 0 atom stereocenters. The lowest BCUT2D eigenvalue weighted by molar-refractivity contribution is -0.152. The lowest BCUT2D eigenvalue weighted by atomic mass is 10.1. The predicted octanol–water partition coefficient (Wildman–Crippen LogP) is 1.93. The molecule has 172 valence electrons. The van der Waals surface area contributed by atoms with Crippen LogP contribution in [0.5, 0.6) is 5.75 Å². The van der Waals surface area contributed by atoms with Crippen LogP contribution in [-0.2, 0) is 30.8 Å². The van der Waals surface area contributed by atoms with Gasteiger partial charge in [-0.25, -0.2) is 8.42 Å². The van der Waals surface area contributed by atoms with E-state index in [1.807, 2.05) is 13.0 Å². The molecule has 8 nitrogen and oxygen atoms in total. The van der Waals surface area contributed by atoms with Gasteiger partial charge in [0.2, 0.25) is 10.0 Å². The van der Waals surface area contributed by atoms with Crippen molar-refractivity contribution in [2.45, 2.75) is 25.2 Å². The van der Waals surface area contributed by atoms with Crippen LogP contribution in [0.15, 0.2) is 47.4 Å². The molecule has 2 aromatic rings. The van der Waals surface area contributed by atoms with E-state index in [4.69, 9.17) is 9.47 Å². The van der Waals surface area contributed by atoms with E-state index in [1.54, 1.807) is 50.4 Å². The Morgan fingerprint density at radius 3 is 2.22 bits per heavy atom. The molecular formula is C23H28N2O6S. The van der Waals surface area contributed by atoms with Crippen LogP contribution in [-0.4, -0.2) is 69.4 Å². The lowest BCUT2D eigenvalue weighted by Gasteiger charge is -2.34. The number of hydrogen-bond acceptors (Lipinski definition) is 6. The number of esters is 1. The summed E-state index contributed by atoms with van der Waals surface area (Å²) in [5.41, 5.74) is 2.46. The molecule has 0 aromatic heterocycles. The molecule has 1 aliphatic rings. The molecule has 9 heteroatoms. The Balaban J connectivity index is 1.49. The van der Waals surface area contributed by atoms with Crippen LogP contribution in [0.3, 0.4) is 0 Å². The Morgan fingerprint density at radius 2 is 1.62 bits per heavy atom. The first-order chi connectivity index (χ1) is 15.2. The van der Waals surface area contributed by atoms with Crippen LogP contribution in [0.2, 0.25) is 0 Å². The third kappa shape index (κ3) is 5.66. The molecule has 0 unspecified atom stereocenters. The minimum Gasteiger partial charge on any atom is -0.497 e. The van der Waals surface area contributed by atoms with Gasteiger partial charge < -0.3 is 14.4 Å². The average Bonchev–Trinajstić information content (AvgIpc) is 2.78. The molecule has 1 heterocycles. The minimum absolute atomic E-state index is 0.0548. The molecule has 32 heavy (non-hydrogen) atoms. The minimum atomic E-state index is -3.62. The van der Waals surface area contributed by atoms with Crippen molar-refractivity contribution in [2.24, 2.45) is 0 Å². The quantitative estimate of drug-likeness (QED) is 0.586. The van der Waals surface area contributed by atoms with Gasteiger partial charge in [0.1, 0.15) is 5.75 Å². The second-order valence-corrected chi connectivity index (χ2v) is 9.65. The van der Waals surface area contributed by atoms with Gasteiger partial charge in [0.05, 0.1) is 18.4 Å². The molecule has 0 bridgehead atoms. The Morgan fingerprint density at radius 1 is 0.969 bits per heavy atom. The Hall–Kier alpha value is -2.91. The Kier molecular flexibility index (Phi) is 7.52. The number of carbonyl (C=O) groups excluding carboxylic acids is 2. The molecule has 0 aliphatic carbocycles. The maximum atomic E-state index is 13.0. The third-order valence-corrected chi connectivity index (χ3v) is 7.46. The van der Waals surface area contributed by atoms with Gasteiger partial charge in [0.15, 0.2) is 6.61 Å². The zero-order valence-corrected chi connectivity index (χ0v) is 19.4. The monoisotopic (exact) mass is 460 g/mol. The first-order valence-corrected chi connectivity index (χ1v) is 11.8. The van der Waals surface area contributed by atoms with Crippen LogP contribution in [0.4, 0.5) is 0 Å². The highest BCUT2D eigenvalue weighted by atomic mass is 32.2. The number of ether oxygens (including phenoxy) is 2. The number of benzene rings is 2. The van der Waals surface area contributed by atoms with Crippen molar-refractivity contribution < 1.29 is 27.5 Å². The molecule has 1 aliphatic heterocycles. The van der Waals surface area contributed by atoms with Gasteiger partial charge in [-0.1, -0.05) is 29.8 Å². The topological polar surface area (TPSA) is 93.2 Å². The molecule has 0 N–H and O–H groups in total. The number of rotatable bonds is 7. The van der Waals surface area contributed by atoms with E-state index in [-0.39, 0.29) is 50.0 Å². The molecule has 1 fully saturated rings. The Labute approximate surface area is 188 Å². The van der Waals surface area contributed by atoms with Gasteiger partial charge in [-0.05, 0) is 43.2 Å². The van der Waals surface area contributed by atoms with Crippen LogP contribution in [0, 0.1) is 13.8 Å². The van der Waals surface area contributed by atoms with Crippen molar-refractivity contribution in [1.82, 2.24) is 9.21 Å². The molecule has 0 spiro atoms. The molecule has 0 saturated carbocycles. The van der Waals surface area contributed by atoms with Gasteiger partial charge in [-0.2, -0.15) is 4.31 Å². The zero-order chi connectivity index (χ0) is 23.3. The highest BCUT2D eigenvalue weighted by molar-refractivity contribution is 7.89. The number of sulfonamides is 1. The van der Waals surface area contributed by atoms with Gasteiger partial charge in [-0.15, -0.1) is 0 Å². The molecular weight excluding hydrogens is 432 g/mol. The summed E-state index contributed by atoms with van der Waals surface area (Å²) >= 11 is 0. The third-order valence-electron chi connectivity index (χ3n) is 5.40. The van der Waals surface area contributed by atoms with Crippen molar-refractivity contribution in [3.63, 3.8) is 0 Å². The summed E-state index contributed by atoms with van der Waals surface area (Å²) in [5.74, 6) is -0.146. The summed E-state index contributed by atoms with van der Waals surface area (Å²) in [4.78, 5) is 26.3. The van der Waals surface area contributed by atoms with Crippen LogP contribution in [0.25, 0.3) is 0 Å². The smallest absolute Gasteiger partial charge is 0.310 e. The van der Waals surface area contributed by atoms with Crippen molar-refractivity contribution in [3.8, 4) is 5.75 Å². The first-order valence-electron chi connectivity index (χ1n) is 10.3. The van der Waals surface area contributed by atoms with E-state index in [0.717, 1.165) is 11.1 Å². The highest BCUT2D eigenvalue weighted by Crippen LogP contribution is 2.22. The van der Waals surface area contributed by atoms with Crippen molar-refractivity contribution in [1.29, 1.82) is 0 Å². The summed E-state index contributed by atoms with van der Waals surface area (Å²) < 4.78 is 37.5. The number of aryl methyl sites for hydroxylation is 2. The summed E-state index contributed by atoms with van der Waals surface area (Å²) in [6.45, 7) is 4.22. The van der Waals surface area contributed by atoms with E-state index < -0.39 is 16.0 Å². The number of hydrogen-bond donors (Lipinski definition) is 0. The van der Waals surface area contributed by atoms with Crippen LogP contribution >= 0.6 is 0 Å². The highest BCUT2D eigenvalue weighted by Gasteiger charge is 2.31. The van der Waals surface area contributed by atoms with Gasteiger partial charge in [0, 0.05) is 26.2 Å². The van der Waals surface area contributed by atoms with Crippen molar-refractivity contribution >= 4 is 21.9 Å². The molecule has 1 amide bonds. The summed E-state index contributed by atoms with van der Waals surface area (Å²) in [5, 5.41) is 0. The van der Waals surface area contributed by atoms with E-state index >= 15 is 0 Å². The summed E-state index contributed by atoms with van der Waals surface area (Å²) in [7, 11) is -2.06. The molecule has 0 radical (unpaired) electrons. The second kappa shape index (κ2) is 10.1. The van der Waals surface area contributed by atoms with E-state index in [1.165, 1.54) is 9.21 Å². The fraction of sp³-hybridized carbons (Fsp3) is 0.391. The maximum absolute atomic E-state index is 13.0.